The number of fused-ring (bicyclic) bond motifs is 2. The molecule has 33 heavy (non-hydrogen) atoms. The summed E-state index contributed by atoms with van der Waals surface area (Å²) in [6.07, 6.45) is 2.06. The van der Waals surface area contributed by atoms with Crippen molar-refractivity contribution in [2.24, 2.45) is 0 Å². The van der Waals surface area contributed by atoms with Crippen molar-refractivity contribution in [2.75, 3.05) is 6.61 Å². The Kier molecular flexibility index (Phi) is 5.38. The molecular weight excluding hydrogens is 446 g/mol. The van der Waals surface area contributed by atoms with Gasteiger partial charge in [-0.25, -0.2) is 8.78 Å². The van der Waals surface area contributed by atoms with Crippen LogP contribution in [0.25, 0.3) is 21.3 Å². The van der Waals surface area contributed by atoms with E-state index in [1.54, 1.807) is 6.07 Å². The third-order valence-electron chi connectivity index (χ3n) is 5.57. The van der Waals surface area contributed by atoms with Crippen LogP contribution in [0.4, 0.5) is 8.78 Å². The molecule has 1 aliphatic rings. The summed E-state index contributed by atoms with van der Waals surface area (Å²) < 4.78 is 33.9. The number of carbonyl (C=O) groups excluding carboxylic acids is 2. The number of thiophene rings is 1. The molecule has 5 nitrogen and oxygen atoms in total. The van der Waals surface area contributed by atoms with Crippen molar-refractivity contribution in [3.05, 3.63) is 82.4 Å². The number of aromatic nitrogens is 1. The van der Waals surface area contributed by atoms with Gasteiger partial charge < -0.3 is 10.1 Å². The average Bonchev–Trinajstić information content (AvgIpc) is 3.19. The van der Waals surface area contributed by atoms with Crippen molar-refractivity contribution in [1.29, 1.82) is 0 Å². The molecule has 0 fully saturated rings. The van der Waals surface area contributed by atoms with Crippen LogP contribution in [0.15, 0.2) is 54.7 Å². The zero-order valence-corrected chi connectivity index (χ0v) is 18.3. The highest BCUT2D eigenvalue weighted by atomic mass is 32.1. The zero-order chi connectivity index (χ0) is 23.1. The summed E-state index contributed by atoms with van der Waals surface area (Å²) in [5, 5.41) is 3.02. The standard InChI is InChI=1S/C25H18F2N2O3S/c1-13(30)21-22-23(17(6-8-28-22)14-10-15(26)12-16(27)11-14)33-24(21)25(31)29-19-7-9-32-20-5-3-2-4-18(19)20/h2-6,8,10-12,19H,7,9H2,1H3,(H,29,31). The molecule has 0 radical (unpaired) electrons. The molecule has 8 heteroatoms. The Morgan fingerprint density at radius 3 is 2.64 bits per heavy atom. The van der Waals surface area contributed by atoms with Gasteiger partial charge in [0.1, 0.15) is 22.3 Å². The number of carbonyl (C=O) groups is 2. The van der Waals surface area contributed by atoms with Crippen LogP contribution in [0.1, 0.15) is 45.0 Å². The lowest BCUT2D eigenvalue weighted by atomic mass is 10.00. The second-order valence-corrected chi connectivity index (χ2v) is 8.78. The molecule has 166 valence electrons. The number of para-hydroxylation sites is 1. The molecular formula is C25H18F2N2O3S. The van der Waals surface area contributed by atoms with Crippen LogP contribution in [0, 0.1) is 11.6 Å². The minimum Gasteiger partial charge on any atom is -0.493 e. The van der Waals surface area contributed by atoms with Crippen LogP contribution in [0.2, 0.25) is 0 Å². The number of amides is 1. The average molecular weight is 464 g/mol. The van der Waals surface area contributed by atoms with Crippen LogP contribution >= 0.6 is 11.3 Å². The fraction of sp³-hybridized carbons (Fsp3) is 0.160. The monoisotopic (exact) mass is 464 g/mol. The maximum absolute atomic E-state index is 13.9. The molecule has 1 amide bonds. The number of hydrogen-bond acceptors (Lipinski definition) is 5. The first-order chi connectivity index (χ1) is 15.9. The first-order valence-electron chi connectivity index (χ1n) is 10.3. The van der Waals surface area contributed by atoms with Gasteiger partial charge in [0.25, 0.3) is 5.91 Å². The molecule has 0 aliphatic carbocycles. The van der Waals surface area contributed by atoms with Gasteiger partial charge in [-0.15, -0.1) is 11.3 Å². The molecule has 0 spiro atoms. The quantitative estimate of drug-likeness (QED) is 0.394. The molecule has 2 aromatic carbocycles. The highest BCUT2D eigenvalue weighted by Crippen LogP contribution is 2.39. The Balaban J connectivity index is 1.59. The lowest BCUT2D eigenvalue weighted by Crippen LogP contribution is -2.32. The summed E-state index contributed by atoms with van der Waals surface area (Å²) >= 11 is 1.09. The lowest BCUT2D eigenvalue weighted by Gasteiger charge is -2.26. The Labute approximate surface area is 192 Å². The molecule has 1 aliphatic heterocycles. The van der Waals surface area contributed by atoms with Gasteiger partial charge in [-0.05, 0) is 36.8 Å². The van der Waals surface area contributed by atoms with Gasteiger partial charge in [0.2, 0.25) is 0 Å². The van der Waals surface area contributed by atoms with Gasteiger partial charge >= 0.3 is 0 Å². The van der Waals surface area contributed by atoms with Crippen molar-refractivity contribution in [2.45, 2.75) is 19.4 Å². The van der Waals surface area contributed by atoms with Gasteiger partial charge in [-0.1, -0.05) is 18.2 Å². The maximum atomic E-state index is 13.9. The van der Waals surface area contributed by atoms with E-state index in [0.29, 0.717) is 40.1 Å². The first-order valence-corrected chi connectivity index (χ1v) is 11.2. The molecule has 1 atom stereocenters. The van der Waals surface area contributed by atoms with Crippen LogP contribution in [0.5, 0.6) is 5.75 Å². The molecule has 0 saturated carbocycles. The number of benzene rings is 2. The molecule has 0 bridgehead atoms. The largest absolute Gasteiger partial charge is 0.493 e. The SMILES string of the molecule is CC(=O)c1c(C(=O)NC2CCOc3ccccc32)sc2c(-c3cc(F)cc(F)c3)ccnc12. The number of nitrogens with zero attached hydrogens (tertiary/aromatic N) is 1. The predicted molar refractivity (Wildman–Crippen MR) is 122 cm³/mol. The van der Waals surface area contributed by atoms with Gasteiger partial charge in [-0.2, -0.15) is 0 Å². The number of Topliss-reactive ketones (excluding diaryl/α,β-unsaturated/α-hetero) is 1. The summed E-state index contributed by atoms with van der Waals surface area (Å²) in [6.45, 7) is 1.84. The maximum Gasteiger partial charge on any atom is 0.262 e. The number of hydrogen-bond donors (Lipinski definition) is 1. The molecule has 2 aromatic heterocycles. The predicted octanol–water partition coefficient (Wildman–Crippen LogP) is 5.70. The van der Waals surface area contributed by atoms with Crippen LogP contribution < -0.4 is 10.1 Å². The molecule has 3 heterocycles. The highest BCUT2D eigenvalue weighted by molar-refractivity contribution is 7.21. The Morgan fingerprint density at radius 2 is 1.88 bits per heavy atom. The second kappa shape index (κ2) is 8.37. The number of ether oxygens (including phenoxy) is 1. The second-order valence-electron chi connectivity index (χ2n) is 7.76. The highest BCUT2D eigenvalue weighted by Gasteiger charge is 2.28. The fourth-order valence-electron chi connectivity index (χ4n) is 4.13. The topological polar surface area (TPSA) is 68.3 Å². The smallest absolute Gasteiger partial charge is 0.262 e. The Morgan fingerprint density at radius 1 is 1.12 bits per heavy atom. The molecule has 1 N–H and O–H groups in total. The number of halogens is 2. The number of nitrogens with one attached hydrogen (secondary N) is 1. The van der Waals surface area contributed by atoms with E-state index in [4.69, 9.17) is 4.74 Å². The third-order valence-corrected chi connectivity index (χ3v) is 6.78. The van der Waals surface area contributed by atoms with Crippen LogP contribution in [0.3, 0.4) is 0 Å². The van der Waals surface area contributed by atoms with E-state index in [1.807, 2.05) is 24.3 Å². The van der Waals surface area contributed by atoms with E-state index in [0.717, 1.165) is 23.0 Å². The van der Waals surface area contributed by atoms with Crippen LogP contribution in [-0.4, -0.2) is 23.3 Å². The zero-order valence-electron chi connectivity index (χ0n) is 17.5. The van der Waals surface area contributed by atoms with Gasteiger partial charge in [0, 0.05) is 29.8 Å². The molecule has 5 rings (SSSR count). The molecule has 1 unspecified atom stereocenters. The minimum atomic E-state index is -0.713. The molecule has 0 saturated heterocycles. The summed E-state index contributed by atoms with van der Waals surface area (Å²) in [6, 6.07) is 12.1. The summed E-state index contributed by atoms with van der Waals surface area (Å²) in [7, 11) is 0. The van der Waals surface area contributed by atoms with Crippen molar-refractivity contribution in [3.8, 4) is 16.9 Å². The first kappa shape index (κ1) is 21.2. The van der Waals surface area contributed by atoms with Crippen LogP contribution in [-0.2, 0) is 0 Å². The normalized spacial score (nSPS) is 15.1. The summed E-state index contributed by atoms with van der Waals surface area (Å²) in [5.74, 6) is -1.42. The minimum absolute atomic E-state index is 0.201. The third kappa shape index (κ3) is 3.87. The van der Waals surface area contributed by atoms with Gasteiger partial charge in [-0.3, -0.25) is 14.6 Å². The number of ketones is 1. The summed E-state index contributed by atoms with van der Waals surface area (Å²) in [5.41, 5.74) is 2.22. The van der Waals surface area contributed by atoms with E-state index in [2.05, 4.69) is 10.3 Å². The van der Waals surface area contributed by atoms with Crippen molar-refractivity contribution < 1.29 is 23.1 Å². The Bertz CT molecular complexity index is 1400. The van der Waals surface area contributed by atoms with E-state index in [-0.39, 0.29) is 22.3 Å². The van der Waals surface area contributed by atoms with Crippen molar-refractivity contribution in [1.82, 2.24) is 10.3 Å². The number of pyridine rings is 1. The number of rotatable bonds is 4. The molecule has 4 aromatic rings. The van der Waals surface area contributed by atoms with Crippen molar-refractivity contribution >= 4 is 33.2 Å². The summed E-state index contributed by atoms with van der Waals surface area (Å²) in [4.78, 5) is 30.4. The van der Waals surface area contributed by atoms with Gasteiger partial charge in [0.05, 0.1) is 28.4 Å². The van der Waals surface area contributed by atoms with E-state index in [1.165, 1.54) is 25.3 Å². The lowest BCUT2D eigenvalue weighted by molar-refractivity contribution is 0.0918. The van der Waals surface area contributed by atoms with Gasteiger partial charge in [0.15, 0.2) is 5.78 Å². The van der Waals surface area contributed by atoms with E-state index in [9.17, 15) is 18.4 Å². The van der Waals surface area contributed by atoms with Crippen molar-refractivity contribution in [3.63, 3.8) is 0 Å². The van der Waals surface area contributed by atoms with E-state index >= 15 is 0 Å². The van der Waals surface area contributed by atoms with E-state index < -0.39 is 17.5 Å². The fourth-order valence-corrected chi connectivity index (χ4v) is 5.37. The Hall–Kier alpha value is -3.65.